The number of aliphatic hydroxyl groups is 1. The van der Waals surface area contributed by atoms with Crippen molar-refractivity contribution in [3.63, 3.8) is 0 Å². The second-order valence-corrected chi connectivity index (χ2v) is 5.73. The number of thiophene rings is 1. The molecule has 2 N–H and O–H groups in total. The predicted octanol–water partition coefficient (Wildman–Crippen LogP) is 2.81. The van der Waals surface area contributed by atoms with Gasteiger partial charge < -0.3 is 10.4 Å². The minimum atomic E-state index is -0.368. The highest BCUT2D eigenvalue weighted by Crippen LogP contribution is 2.22. The van der Waals surface area contributed by atoms with Crippen LogP contribution in [0.5, 0.6) is 0 Å². The van der Waals surface area contributed by atoms with E-state index in [9.17, 15) is 5.11 Å². The third kappa shape index (κ3) is 3.89. The van der Waals surface area contributed by atoms with Crippen molar-refractivity contribution in [1.29, 1.82) is 0 Å². The van der Waals surface area contributed by atoms with Gasteiger partial charge in [0.05, 0.1) is 17.3 Å². The second kappa shape index (κ2) is 6.26. The smallest absolute Gasteiger partial charge is 0.0896 e. The van der Waals surface area contributed by atoms with Crippen LogP contribution in [0.1, 0.15) is 30.0 Å². The molecule has 0 aromatic carbocycles. The average Bonchev–Trinajstić information content (AvgIpc) is 2.99. The molecule has 0 spiro atoms. The van der Waals surface area contributed by atoms with Crippen LogP contribution in [-0.2, 0) is 6.54 Å². The molecular formula is C12H16N2OS2. The molecule has 2 atom stereocenters. The van der Waals surface area contributed by atoms with Crippen LogP contribution in [0.4, 0.5) is 0 Å². The van der Waals surface area contributed by atoms with E-state index in [-0.39, 0.29) is 12.1 Å². The Bertz CT molecular complexity index is 414. The number of rotatable bonds is 6. The maximum atomic E-state index is 9.99. The Morgan fingerprint density at radius 2 is 2.41 bits per heavy atom. The van der Waals surface area contributed by atoms with Crippen molar-refractivity contribution >= 4 is 22.7 Å². The van der Waals surface area contributed by atoms with Crippen molar-refractivity contribution in [2.75, 3.05) is 0 Å². The molecule has 2 heterocycles. The first kappa shape index (κ1) is 12.7. The van der Waals surface area contributed by atoms with Crippen molar-refractivity contribution in [3.8, 4) is 0 Å². The van der Waals surface area contributed by atoms with E-state index >= 15 is 0 Å². The van der Waals surface area contributed by atoms with E-state index in [1.165, 1.54) is 0 Å². The first-order valence-electron chi connectivity index (χ1n) is 5.57. The fourth-order valence-electron chi connectivity index (χ4n) is 1.62. The highest BCUT2D eigenvalue weighted by atomic mass is 32.1. The molecule has 0 aliphatic heterocycles. The number of aliphatic hydroxyl groups excluding tert-OH is 1. The van der Waals surface area contributed by atoms with Crippen LogP contribution in [0.2, 0.25) is 0 Å². The Hall–Kier alpha value is -0.750. The van der Waals surface area contributed by atoms with Crippen LogP contribution < -0.4 is 5.32 Å². The van der Waals surface area contributed by atoms with Gasteiger partial charge in [0.25, 0.3) is 0 Å². The molecule has 17 heavy (non-hydrogen) atoms. The van der Waals surface area contributed by atoms with Crippen LogP contribution >= 0.6 is 22.7 Å². The number of thiazole rings is 1. The van der Waals surface area contributed by atoms with Gasteiger partial charge in [0.2, 0.25) is 0 Å². The van der Waals surface area contributed by atoms with Crippen molar-refractivity contribution in [2.24, 2.45) is 0 Å². The fourth-order valence-corrected chi connectivity index (χ4v) is 2.90. The van der Waals surface area contributed by atoms with E-state index in [1.54, 1.807) is 22.7 Å². The molecule has 0 fully saturated rings. The molecule has 0 aliphatic rings. The normalized spacial score (nSPS) is 14.7. The molecule has 0 saturated heterocycles. The molecule has 5 heteroatoms. The lowest BCUT2D eigenvalue weighted by molar-refractivity contribution is 0.157. The van der Waals surface area contributed by atoms with Crippen LogP contribution in [0.3, 0.4) is 0 Å². The lowest BCUT2D eigenvalue weighted by Gasteiger charge is -2.16. The second-order valence-electron chi connectivity index (χ2n) is 4.03. The van der Waals surface area contributed by atoms with E-state index in [2.05, 4.69) is 17.2 Å². The molecule has 0 bridgehead atoms. The summed E-state index contributed by atoms with van der Waals surface area (Å²) in [6.07, 6.45) is 0.359. The Labute approximate surface area is 109 Å². The van der Waals surface area contributed by atoms with Gasteiger partial charge in [0, 0.05) is 22.8 Å². The fraction of sp³-hybridized carbons (Fsp3) is 0.417. The highest BCUT2D eigenvalue weighted by Gasteiger charge is 2.12. The number of nitrogens with zero attached hydrogens (tertiary/aromatic N) is 1. The number of hydrogen-bond acceptors (Lipinski definition) is 5. The van der Waals surface area contributed by atoms with Gasteiger partial charge >= 0.3 is 0 Å². The first-order valence-corrected chi connectivity index (χ1v) is 7.40. The summed E-state index contributed by atoms with van der Waals surface area (Å²) in [7, 11) is 0. The highest BCUT2D eigenvalue weighted by molar-refractivity contribution is 7.10. The van der Waals surface area contributed by atoms with Crippen molar-refractivity contribution in [3.05, 3.63) is 39.0 Å². The van der Waals surface area contributed by atoms with Crippen molar-refractivity contribution in [1.82, 2.24) is 10.3 Å². The van der Waals surface area contributed by atoms with Gasteiger partial charge in [0.1, 0.15) is 0 Å². The zero-order chi connectivity index (χ0) is 12.1. The van der Waals surface area contributed by atoms with Crippen LogP contribution in [0, 0.1) is 0 Å². The zero-order valence-corrected chi connectivity index (χ0v) is 11.3. The van der Waals surface area contributed by atoms with Gasteiger partial charge in [0.15, 0.2) is 0 Å². The van der Waals surface area contributed by atoms with Crippen molar-refractivity contribution < 1.29 is 5.11 Å². The quantitative estimate of drug-likeness (QED) is 0.847. The minimum absolute atomic E-state index is 0.272. The molecule has 0 unspecified atom stereocenters. The van der Waals surface area contributed by atoms with Gasteiger partial charge in [-0.25, -0.2) is 4.98 Å². The third-order valence-corrected chi connectivity index (χ3v) is 4.17. The standard InChI is InChI=1S/C12H16N2OS2/c1-9(13-6-10-7-16-8-14-10)5-11(15)12-3-2-4-17-12/h2-4,7-9,11,13,15H,5-6H2,1H3/t9-,11+/m1/s1. The topological polar surface area (TPSA) is 45.1 Å². The monoisotopic (exact) mass is 268 g/mol. The molecule has 0 amide bonds. The molecule has 0 aliphatic carbocycles. The van der Waals surface area contributed by atoms with Gasteiger partial charge in [-0.15, -0.1) is 22.7 Å². The lowest BCUT2D eigenvalue weighted by atomic mass is 10.1. The van der Waals surface area contributed by atoms with Crippen molar-refractivity contribution in [2.45, 2.75) is 32.0 Å². The largest absolute Gasteiger partial charge is 0.388 e. The summed E-state index contributed by atoms with van der Waals surface area (Å²) in [4.78, 5) is 5.25. The maximum Gasteiger partial charge on any atom is 0.0896 e. The SMILES string of the molecule is C[C@H](C[C@H](O)c1cccs1)NCc1cscn1. The van der Waals surface area contributed by atoms with Gasteiger partial charge in [-0.1, -0.05) is 6.07 Å². The molecule has 0 saturated carbocycles. The summed E-state index contributed by atoms with van der Waals surface area (Å²) in [5.74, 6) is 0. The molecule has 2 rings (SSSR count). The van der Waals surface area contributed by atoms with Gasteiger partial charge in [-0.3, -0.25) is 0 Å². The van der Waals surface area contributed by atoms with E-state index in [4.69, 9.17) is 0 Å². The Morgan fingerprint density at radius 1 is 1.53 bits per heavy atom. The van der Waals surface area contributed by atoms with E-state index in [1.807, 2.05) is 28.4 Å². The first-order chi connectivity index (χ1) is 8.25. The molecular weight excluding hydrogens is 252 g/mol. The molecule has 2 aromatic rings. The number of nitrogens with one attached hydrogen (secondary N) is 1. The Kier molecular flexibility index (Phi) is 4.67. The number of hydrogen-bond donors (Lipinski definition) is 2. The summed E-state index contributed by atoms with van der Waals surface area (Å²) >= 11 is 3.20. The minimum Gasteiger partial charge on any atom is -0.388 e. The zero-order valence-electron chi connectivity index (χ0n) is 9.67. The molecule has 3 nitrogen and oxygen atoms in total. The van der Waals surface area contributed by atoms with Crippen LogP contribution in [0.25, 0.3) is 0 Å². The Balaban J connectivity index is 1.75. The molecule has 92 valence electrons. The van der Waals surface area contributed by atoms with Gasteiger partial charge in [-0.05, 0) is 24.8 Å². The summed E-state index contributed by atoms with van der Waals surface area (Å²) in [5.41, 5.74) is 2.90. The third-order valence-electron chi connectivity index (χ3n) is 2.56. The average molecular weight is 268 g/mol. The lowest BCUT2D eigenvalue weighted by Crippen LogP contribution is -2.27. The predicted molar refractivity (Wildman–Crippen MR) is 72.3 cm³/mol. The molecule has 2 aromatic heterocycles. The van der Waals surface area contributed by atoms with E-state index < -0.39 is 0 Å². The van der Waals surface area contributed by atoms with Gasteiger partial charge in [-0.2, -0.15) is 0 Å². The van der Waals surface area contributed by atoms with Crippen LogP contribution in [0.15, 0.2) is 28.4 Å². The van der Waals surface area contributed by atoms with E-state index in [0.717, 1.165) is 23.5 Å². The summed E-state index contributed by atoms with van der Waals surface area (Å²) in [5, 5.41) is 17.4. The summed E-state index contributed by atoms with van der Waals surface area (Å²) in [6.45, 7) is 2.85. The summed E-state index contributed by atoms with van der Waals surface area (Å²) < 4.78 is 0. The maximum absolute atomic E-state index is 9.99. The summed E-state index contributed by atoms with van der Waals surface area (Å²) in [6, 6.07) is 4.22. The van der Waals surface area contributed by atoms with Crippen LogP contribution in [-0.4, -0.2) is 16.1 Å². The number of aromatic nitrogens is 1. The van der Waals surface area contributed by atoms with E-state index in [0.29, 0.717) is 0 Å². The Morgan fingerprint density at radius 3 is 3.06 bits per heavy atom. The molecule has 0 radical (unpaired) electrons.